The second-order valence-electron chi connectivity index (χ2n) is 7.62. The summed E-state index contributed by atoms with van der Waals surface area (Å²) in [4.78, 5) is 19.6. The van der Waals surface area contributed by atoms with Crippen LogP contribution < -0.4 is 10.1 Å². The Hall–Kier alpha value is -2.67. The van der Waals surface area contributed by atoms with Gasteiger partial charge in [0, 0.05) is 37.6 Å². The van der Waals surface area contributed by atoms with E-state index in [-0.39, 0.29) is 11.9 Å². The van der Waals surface area contributed by atoms with Crippen LogP contribution in [0, 0.1) is 0 Å². The van der Waals surface area contributed by atoms with Gasteiger partial charge in [0.2, 0.25) is 5.91 Å². The standard InChI is InChI=1S/C25H29N3O2S/c1-2-30-23-13-7-6-12-22(23)26-25(29)24(20-9-4-3-5-10-20)28-16-14-27(15-17-28)19-21-11-8-18-31-21/h3-13,18,24H,2,14-17,19H2,1H3,(H,26,29)/t24-/m1/s1. The fourth-order valence-corrected chi connectivity index (χ4v) is 4.76. The quantitative estimate of drug-likeness (QED) is 0.560. The van der Waals surface area contributed by atoms with E-state index in [1.807, 2.05) is 61.5 Å². The molecule has 3 aromatic rings. The summed E-state index contributed by atoms with van der Waals surface area (Å²) in [5.74, 6) is 0.677. The van der Waals surface area contributed by atoms with Gasteiger partial charge in [0.25, 0.3) is 0 Å². The first-order valence-corrected chi connectivity index (χ1v) is 11.7. The van der Waals surface area contributed by atoms with E-state index in [1.165, 1.54) is 4.88 Å². The lowest BCUT2D eigenvalue weighted by atomic mass is 10.0. The number of hydrogen-bond donors (Lipinski definition) is 1. The Labute approximate surface area is 188 Å². The zero-order valence-electron chi connectivity index (χ0n) is 17.9. The van der Waals surface area contributed by atoms with Crippen LogP contribution in [0.5, 0.6) is 5.75 Å². The Morgan fingerprint density at radius 3 is 2.45 bits per heavy atom. The molecule has 0 bridgehead atoms. The summed E-state index contributed by atoms with van der Waals surface area (Å²) in [5, 5.41) is 5.25. The topological polar surface area (TPSA) is 44.8 Å². The molecule has 162 valence electrons. The first-order valence-electron chi connectivity index (χ1n) is 10.8. The average Bonchev–Trinajstić information content (AvgIpc) is 3.30. The fourth-order valence-electron chi connectivity index (χ4n) is 4.02. The molecule has 31 heavy (non-hydrogen) atoms. The van der Waals surface area contributed by atoms with Gasteiger partial charge in [0.05, 0.1) is 12.3 Å². The van der Waals surface area contributed by atoms with Gasteiger partial charge < -0.3 is 10.1 Å². The van der Waals surface area contributed by atoms with Crippen LogP contribution >= 0.6 is 11.3 Å². The maximum absolute atomic E-state index is 13.5. The summed E-state index contributed by atoms with van der Waals surface area (Å²) in [6.45, 7) is 7.09. The number of anilines is 1. The van der Waals surface area contributed by atoms with E-state index in [0.29, 0.717) is 18.0 Å². The monoisotopic (exact) mass is 435 g/mol. The highest BCUT2D eigenvalue weighted by Crippen LogP contribution is 2.28. The van der Waals surface area contributed by atoms with E-state index in [2.05, 4.69) is 32.6 Å². The minimum atomic E-state index is -0.334. The number of carbonyl (C=O) groups is 1. The van der Waals surface area contributed by atoms with Crippen molar-refractivity contribution < 1.29 is 9.53 Å². The van der Waals surface area contributed by atoms with Gasteiger partial charge in [-0.05, 0) is 36.1 Å². The van der Waals surface area contributed by atoms with E-state index in [9.17, 15) is 4.79 Å². The molecular formula is C25H29N3O2S. The van der Waals surface area contributed by atoms with Crippen molar-refractivity contribution >= 4 is 22.9 Å². The molecule has 0 radical (unpaired) electrons. The van der Waals surface area contributed by atoms with E-state index in [4.69, 9.17) is 4.74 Å². The predicted octanol–water partition coefficient (Wildman–Crippen LogP) is 4.64. The van der Waals surface area contributed by atoms with Crippen molar-refractivity contribution in [2.75, 3.05) is 38.1 Å². The summed E-state index contributed by atoms with van der Waals surface area (Å²) in [5.41, 5.74) is 1.73. The van der Waals surface area contributed by atoms with E-state index < -0.39 is 0 Å². The molecule has 2 heterocycles. The number of para-hydroxylation sites is 2. The van der Waals surface area contributed by atoms with Gasteiger partial charge >= 0.3 is 0 Å². The van der Waals surface area contributed by atoms with Crippen LogP contribution in [-0.2, 0) is 11.3 Å². The number of carbonyl (C=O) groups excluding carboxylic acids is 1. The van der Waals surface area contributed by atoms with Gasteiger partial charge in [0.1, 0.15) is 11.8 Å². The number of amides is 1. The van der Waals surface area contributed by atoms with Crippen LogP contribution in [-0.4, -0.2) is 48.5 Å². The smallest absolute Gasteiger partial charge is 0.246 e. The molecule has 6 heteroatoms. The molecule has 1 atom stereocenters. The third kappa shape index (κ3) is 5.53. The van der Waals surface area contributed by atoms with Gasteiger partial charge in [0.15, 0.2) is 0 Å². The largest absolute Gasteiger partial charge is 0.492 e. The molecule has 4 rings (SSSR count). The van der Waals surface area contributed by atoms with Crippen molar-refractivity contribution in [2.24, 2.45) is 0 Å². The second-order valence-corrected chi connectivity index (χ2v) is 8.66. The molecule has 1 amide bonds. The highest BCUT2D eigenvalue weighted by molar-refractivity contribution is 7.09. The summed E-state index contributed by atoms with van der Waals surface area (Å²) < 4.78 is 5.70. The zero-order valence-corrected chi connectivity index (χ0v) is 18.7. The number of ether oxygens (including phenoxy) is 1. The van der Waals surface area contributed by atoms with Gasteiger partial charge in [-0.2, -0.15) is 0 Å². The molecular weight excluding hydrogens is 406 g/mol. The van der Waals surface area contributed by atoms with Crippen LogP contribution in [0.1, 0.15) is 23.4 Å². The van der Waals surface area contributed by atoms with Crippen LogP contribution in [0.4, 0.5) is 5.69 Å². The number of benzene rings is 2. The number of nitrogens with zero attached hydrogens (tertiary/aromatic N) is 2. The molecule has 1 saturated heterocycles. The van der Waals surface area contributed by atoms with Gasteiger partial charge in [-0.15, -0.1) is 11.3 Å². The molecule has 1 aromatic heterocycles. The first kappa shape index (κ1) is 21.6. The molecule has 0 unspecified atom stereocenters. The normalized spacial score (nSPS) is 16.0. The Bertz CT molecular complexity index is 954. The van der Waals surface area contributed by atoms with E-state index in [1.54, 1.807) is 11.3 Å². The number of hydrogen-bond acceptors (Lipinski definition) is 5. The molecule has 0 aliphatic carbocycles. The molecule has 1 N–H and O–H groups in total. The van der Waals surface area contributed by atoms with Gasteiger partial charge in [-0.1, -0.05) is 48.5 Å². The Morgan fingerprint density at radius 2 is 1.74 bits per heavy atom. The average molecular weight is 436 g/mol. The van der Waals surface area contributed by atoms with Crippen molar-refractivity contribution in [3.05, 3.63) is 82.6 Å². The molecule has 0 spiro atoms. The van der Waals surface area contributed by atoms with Crippen molar-refractivity contribution in [1.29, 1.82) is 0 Å². The highest BCUT2D eigenvalue weighted by Gasteiger charge is 2.31. The maximum Gasteiger partial charge on any atom is 0.246 e. The number of piperazine rings is 1. The van der Waals surface area contributed by atoms with Crippen molar-refractivity contribution in [2.45, 2.75) is 19.5 Å². The first-order chi connectivity index (χ1) is 15.2. The second kappa shape index (κ2) is 10.6. The van der Waals surface area contributed by atoms with Crippen LogP contribution in [0.15, 0.2) is 72.1 Å². The SMILES string of the molecule is CCOc1ccccc1NC(=O)[C@@H](c1ccccc1)N1CCN(Cc2cccs2)CC1. The Morgan fingerprint density at radius 1 is 1.00 bits per heavy atom. The lowest BCUT2D eigenvalue weighted by molar-refractivity contribution is -0.122. The molecule has 5 nitrogen and oxygen atoms in total. The molecule has 1 aliphatic rings. The summed E-state index contributed by atoms with van der Waals surface area (Å²) in [6, 6.07) is 21.6. The number of rotatable bonds is 8. The summed E-state index contributed by atoms with van der Waals surface area (Å²) in [6.07, 6.45) is 0. The predicted molar refractivity (Wildman–Crippen MR) is 127 cm³/mol. The van der Waals surface area contributed by atoms with Crippen LogP contribution in [0.3, 0.4) is 0 Å². The van der Waals surface area contributed by atoms with E-state index in [0.717, 1.165) is 38.3 Å². The number of nitrogens with one attached hydrogen (secondary N) is 1. The Balaban J connectivity index is 1.48. The minimum Gasteiger partial charge on any atom is -0.492 e. The molecule has 1 aliphatic heterocycles. The van der Waals surface area contributed by atoms with Gasteiger partial charge in [-0.25, -0.2) is 0 Å². The Kier molecular flexibility index (Phi) is 7.35. The number of thiophene rings is 1. The van der Waals surface area contributed by atoms with Gasteiger partial charge in [-0.3, -0.25) is 14.6 Å². The van der Waals surface area contributed by atoms with Crippen LogP contribution in [0.25, 0.3) is 0 Å². The van der Waals surface area contributed by atoms with Crippen LogP contribution in [0.2, 0.25) is 0 Å². The highest BCUT2D eigenvalue weighted by atomic mass is 32.1. The zero-order chi connectivity index (χ0) is 21.5. The van der Waals surface area contributed by atoms with Crippen molar-refractivity contribution in [3.63, 3.8) is 0 Å². The summed E-state index contributed by atoms with van der Waals surface area (Å²) in [7, 11) is 0. The van der Waals surface area contributed by atoms with E-state index >= 15 is 0 Å². The molecule has 0 saturated carbocycles. The lowest BCUT2D eigenvalue weighted by Crippen LogP contribution is -2.49. The summed E-state index contributed by atoms with van der Waals surface area (Å²) >= 11 is 1.80. The minimum absolute atomic E-state index is 0.0231. The van der Waals surface area contributed by atoms with Crippen molar-refractivity contribution in [1.82, 2.24) is 9.80 Å². The third-order valence-electron chi connectivity index (χ3n) is 5.54. The lowest BCUT2D eigenvalue weighted by Gasteiger charge is -2.38. The fraction of sp³-hybridized carbons (Fsp3) is 0.320. The van der Waals surface area contributed by atoms with Crippen molar-refractivity contribution in [3.8, 4) is 5.75 Å². The molecule has 1 fully saturated rings. The maximum atomic E-state index is 13.5. The molecule has 2 aromatic carbocycles. The third-order valence-corrected chi connectivity index (χ3v) is 6.40.